The monoisotopic (exact) mass is 549 g/mol. The second kappa shape index (κ2) is 14.0. The van der Waals surface area contributed by atoms with E-state index in [9.17, 15) is 0 Å². The molecule has 106 valence electrons. The number of hydrogen-bond acceptors (Lipinski definition) is 0. The Morgan fingerprint density at radius 2 is 0.882 bits per heavy atom. The molecule has 0 unspecified atom stereocenters. The van der Waals surface area contributed by atoms with Gasteiger partial charge in [0.2, 0.25) is 0 Å². The topological polar surface area (TPSA) is 47.6 Å². The van der Waals surface area contributed by atoms with E-state index in [2.05, 4.69) is 26.6 Å². The van der Waals surface area contributed by atoms with Gasteiger partial charge in [0.15, 0.2) is 0 Å². The average Bonchev–Trinajstić information content (AvgIpc) is 2.33. The molecule has 0 spiro atoms. The van der Waals surface area contributed by atoms with E-state index in [1.807, 2.05) is 0 Å². The van der Waals surface area contributed by atoms with E-state index in [0.717, 1.165) is 25.7 Å². The van der Waals surface area contributed by atoms with E-state index in [1.165, 1.54) is 38.5 Å². The molecule has 0 amide bonds. The zero-order valence-electron chi connectivity index (χ0n) is 10.3. The molecule has 0 aliphatic heterocycles. The molecule has 2 rings (SSSR count). The van der Waals surface area contributed by atoms with Crippen LogP contribution in [0.4, 0.5) is 0 Å². The van der Waals surface area contributed by atoms with Gasteiger partial charge in [-0.2, -0.15) is 0 Å². The number of hydrogen-bond donors (Lipinski definition) is 0. The zero-order chi connectivity index (χ0) is 12.9. The molecule has 2 saturated carbocycles. The van der Waals surface area contributed by atoms with Crippen LogP contribution in [0.2, 0.25) is 0 Å². The van der Waals surface area contributed by atoms with Gasteiger partial charge in [0.1, 0.15) is 0 Å². The van der Waals surface area contributed by atoms with Crippen LogP contribution in [0.15, 0.2) is 0 Å². The molecule has 2 N–H and O–H groups in total. The molecule has 2 aliphatic rings. The Morgan fingerprint density at radius 1 is 0.647 bits per heavy atom. The molecule has 2 aliphatic carbocycles. The van der Waals surface area contributed by atoms with Gasteiger partial charge < -0.3 is 11.5 Å². The maximum atomic E-state index is 7.27. The molecule has 0 radical (unpaired) electrons. The van der Waals surface area contributed by atoms with Crippen molar-refractivity contribution < 1.29 is 14.5 Å². The fourth-order valence-corrected chi connectivity index (χ4v) is 2.21. The van der Waals surface area contributed by atoms with E-state index < -0.39 is 0 Å². The van der Waals surface area contributed by atoms with Crippen LogP contribution < -0.4 is 0 Å². The van der Waals surface area contributed by atoms with E-state index in [-0.39, 0.29) is 26.5 Å². The summed E-state index contributed by atoms with van der Waals surface area (Å²) in [6.45, 7) is 0. The summed E-state index contributed by atoms with van der Waals surface area (Å²) in [4.78, 5) is 0. The van der Waals surface area contributed by atoms with Gasteiger partial charge in [0.25, 0.3) is 0 Å². The van der Waals surface area contributed by atoms with Gasteiger partial charge in [-0.25, -0.2) is 0 Å². The zero-order valence-corrected chi connectivity index (χ0v) is 15.7. The molecule has 0 aromatic rings. The molecule has 0 heterocycles. The minimum Gasteiger partial charge on any atom is -0.675 e. The molecule has 0 aromatic heterocycles. The molecule has 0 bridgehead atoms. The van der Waals surface area contributed by atoms with Crippen LogP contribution in [-0.4, -0.2) is 12.1 Å². The molecular formula is C12H24Br2N2Pt. The summed E-state index contributed by atoms with van der Waals surface area (Å²) in [7, 11) is 0. The van der Waals surface area contributed by atoms with E-state index in [1.54, 1.807) is 0 Å². The van der Waals surface area contributed by atoms with Crippen molar-refractivity contribution in [3.8, 4) is 0 Å². The van der Waals surface area contributed by atoms with E-state index in [4.69, 9.17) is 11.5 Å². The summed E-state index contributed by atoms with van der Waals surface area (Å²) in [5.74, 6) is 0. The molecule has 0 aromatic carbocycles. The predicted molar refractivity (Wildman–Crippen MR) is 80.2 cm³/mol. The maximum absolute atomic E-state index is 7.27. The minimum atomic E-state index is 0.208. The first kappa shape index (κ1) is 18.6. The number of rotatable bonds is 0. The molecular weight excluding hydrogens is 527 g/mol. The van der Waals surface area contributed by atoms with Crippen LogP contribution in [0.1, 0.15) is 64.2 Å². The SMILES string of the molecule is [Br][Pt+2][Br].[NH-]C1CCCCC1.[NH-]C1CCCCC1. The van der Waals surface area contributed by atoms with Crippen LogP contribution >= 0.6 is 26.6 Å². The van der Waals surface area contributed by atoms with Gasteiger partial charge in [0.05, 0.1) is 0 Å². The minimum absolute atomic E-state index is 0.208. The van der Waals surface area contributed by atoms with Gasteiger partial charge >= 0.3 is 41.0 Å². The Bertz CT molecular complexity index is 133. The summed E-state index contributed by atoms with van der Waals surface area (Å²) in [6, 6.07) is 0.572. The third-order valence-corrected chi connectivity index (χ3v) is 3.21. The first-order chi connectivity index (χ1) is 8.20. The van der Waals surface area contributed by atoms with Crippen molar-refractivity contribution in [2.45, 2.75) is 76.3 Å². The predicted octanol–water partition coefficient (Wildman–Crippen LogP) is 6.43. The molecule has 0 saturated heterocycles. The molecule has 0 atom stereocenters. The first-order valence-electron chi connectivity index (χ1n) is 6.45. The van der Waals surface area contributed by atoms with Crippen LogP contribution in [-0.2, 0) is 14.5 Å². The largest absolute Gasteiger partial charge is 0.675 e. The summed E-state index contributed by atoms with van der Waals surface area (Å²) in [5.41, 5.74) is 14.5. The van der Waals surface area contributed by atoms with Crippen molar-refractivity contribution in [2.75, 3.05) is 0 Å². The van der Waals surface area contributed by atoms with Crippen molar-refractivity contribution in [3.63, 3.8) is 0 Å². The standard InChI is InChI=1S/2C6H12N.2BrH.Pt/c2*7-6-4-2-1-3-5-6;;;/h2*6-7H,1-5H2;2*1H;/q2*-1;;;+4/p-2. The van der Waals surface area contributed by atoms with Gasteiger partial charge in [-0.15, -0.1) is 12.1 Å². The molecule has 2 nitrogen and oxygen atoms in total. The Hall–Kier alpha value is 1.57. The van der Waals surface area contributed by atoms with Crippen molar-refractivity contribution >= 4 is 26.6 Å². The Morgan fingerprint density at radius 3 is 1.00 bits per heavy atom. The van der Waals surface area contributed by atoms with Gasteiger partial charge in [-0.05, 0) is 0 Å². The average molecular weight is 551 g/mol. The fourth-order valence-electron chi connectivity index (χ4n) is 2.21. The third-order valence-electron chi connectivity index (χ3n) is 3.21. The first-order valence-corrected chi connectivity index (χ1v) is 16.4. The number of halogens is 2. The third kappa shape index (κ3) is 13.8. The van der Waals surface area contributed by atoms with Crippen LogP contribution in [0.5, 0.6) is 0 Å². The smallest absolute Gasteiger partial charge is 0.0534 e. The summed E-state index contributed by atoms with van der Waals surface area (Å²) in [5, 5.41) is 0. The van der Waals surface area contributed by atoms with Crippen molar-refractivity contribution in [3.05, 3.63) is 11.5 Å². The van der Waals surface area contributed by atoms with Crippen molar-refractivity contribution in [1.82, 2.24) is 0 Å². The Kier molecular flexibility index (Phi) is 15.3. The van der Waals surface area contributed by atoms with Crippen LogP contribution in [0.3, 0.4) is 0 Å². The van der Waals surface area contributed by atoms with E-state index in [0.29, 0.717) is 0 Å². The summed E-state index contributed by atoms with van der Waals surface area (Å²) in [6.07, 6.45) is 12.6. The Labute approximate surface area is 128 Å². The van der Waals surface area contributed by atoms with Gasteiger partial charge in [-0.3, -0.25) is 0 Å². The van der Waals surface area contributed by atoms with Gasteiger partial charge in [-0.1, -0.05) is 64.2 Å². The van der Waals surface area contributed by atoms with Gasteiger partial charge in [0, 0.05) is 0 Å². The second-order valence-corrected chi connectivity index (χ2v) is 14.7. The summed E-state index contributed by atoms with van der Waals surface area (Å²) < 4.78 is 0. The fraction of sp³-hybridized carbons (Fsp3) is 1.00. The van der Waals surface area contributed by atoms with Crippen LogP contribution in [0.25, 0.3) is 11.5 Å². The van der Waals surface area contributed by atoms with Crippen LogP contribution in [0, 0.1) is 0 Å². The second-order valence-electron chi connectivity index (χ2n) is 4.72. The quantitative estimate of drug-likeness (QED) is 0.333. The molecule has 5 heteroatoms. The van der Waals surface area contributed by atoms with Crippen molar-refractivity contribution in [2.24, 2.45) is 0 Å². The summed E-state index contributed by atoms with van der Waals surface area (Å²) >= 11 is 6.56. The normalized spacial score (nSPS) is 22.1. The van der Waals surface area contributed by atoms with E-state index >= 15 is 0 Å². The number of nitrogens with one attached hydrogen (secondary N) is 2. The Balaban J connectivity index is 0.000000247. The molecule has 17 heavy (non-hydrogen) atoms. The molecule has 2 fully saturated rings. The maximum Gasteiger partial charge on any atom is -0.0534 e. The van der Waals surface area contributed by atoms with Crippen molar-refractivity contribution in [1.29, 1.82) is 0 Å².